The van der Waals surface area contributed by atoms with Gasteiger partial charge in [0, 0.05) is 10.6 Å². The largest absolute Gasteiger partial charge is 0.226 e. The van der Waals surface area contributed by atoms with Crippen molar-refractivity contribution in [3.05, 3.63) is 45.1 Å². The summed E-state index contributed by atoms with van der Waals surface area (Å²) in [4.78, 5) is 0. The third-order valence-corrected chi connectivity index (χ3v) is 3.51. The Balaban J connectivity index is 2.59. The van der Waals surface area contributed by atoms with Crippen molar-refractivity contribution in [1.82, 2.24) is 9.78 Å². The first kappa shape index (κ1) is 10.7. The van der Waals surface area contributed by atoms with E-state index in [0.29, 0.717) is 5.02 Å². The van der Waals surface area contributed by atoms with E-state index >= 15 is 0 Å². The molecule has 0 N–H and O–H groups in total. The highest BCUT2D eigenvalue weighted by Crippen LogP contribution is 2.24. The fourth-order valence-electron chi connectivity index (χ4n) is 1.36. The van der Waals surface area contributed by atoms with Crippen molar-refractivity contribution in [2.75, 3.05) is 0 Å². The summed E-state index contributed by atoms with van der Waals surface area (Å²) in [6.07, 6.45) is 0. The molecule has 2 aromatic rings. The van der Waals surface area contributed by atoms with Crippen LogP contribution in [0.3, 0.4) is 0 Å². The smallest absolute Gasteiger partial charge is 0.113 e. The molecule has 1 aromatic carbocycles. The molecule has 0 unspecified atom stereocenters. The summed E-state index contributed by atoms with van der Waals surface area (Å²) in [5.41, 5.74) is 3.13. The van der Waals surface area contributed by atoms with Crippen LogP contribution >= 0.6 is 27.5 Å². The van der Waals surface area contributed by atoms with Crippen LogP contribution in [0.4, 0.5) is 0 Å². The quantitative estimate of drug-likeness (QED) is 0.777. The summed E-state index contributed by atoms with van der Waals surface area (Å²) in [7, 11) is 0. The first-order valence-electron chi connectivity index (χ1n) is 4.57. The van der Waals surface area contributed by atoms with Crippen molar-refractivity contribution in [1.29, 1.82) is 0 Å². The van der Waals surface area contributed by atoms with E-state index in [9.17, 15) is 0 Å². The first-order valence-corrected chi connectivity index (χ1v) is 5.74. The number of benzene rings is 1. The Morgan fingerprint density at radius 2 is 2.07 bits per heavy atom. The van der Waals surface area contributed by atoms with E-state index in [4.69, 9.17) is 11.6 Å². The third kappa shape index (κ3) is 1.94. The van der Waals surface area contributed by atoms with Crippen molar-refractivity contribution >= 4 is 27.5 Å². The van der Waals surface area contributed by atoms with E-state index in [1.54, 1.807) is 0 Å². The van der Waals surface area contributed by atoms with Gasteiger partial charge in [0.05, 0.1) is 11.4 Å². The van der Waals surface area contributed by atoms with Gasteiger partial charge in [0.15, 0.2) is 0 Å². The van der Waals surface area contributed by atoms with Crippen LogP contribution in [0.1, 0.15) is 11.3 Å². The molecule has 15 heavy (non-hydrogen) atoms. The molecule has 0 radical (unpaired) electrons. The maximum atomic E-state index is 5.94. The Kier molecular flexibility index (Phi) is 2.85. The predicted molar refractivity (Wildman–Crippen MR) is 65.7 cm³/mol. The lowest BCUT2D eigenvalue weighted by atomic mass is 10.3. The predicted octanol–water partition coefficient (Wildman–Crippen LogP) is 3.91. The molecule has 0 spiro atoms. The number of aromatic nitrogens is 2. The van der Waals surface area contributed by atoms with Crippen LogP contribution in [-0.4, -0.2) is 9.78 Å². The highest BCUT2D eigenvalue weighted by Gasteiger charge is 2.09. The number of nitrogens with zero attached hydrogens (tertiary/aromatic N) is 2. The molecule has 0 bridgehead atoms. The summed E-state index contributed by atoms with van der Waals surface area (Å²) < 4.78 is 2.82. The van der Waals surface area contributed by atoms with Crippen LogP contribution in [-0.2, 0) is 0 Å². The minimum Gasteiger partial charge on any atom is -0.226 e. The number of rotatable bonds is 1. The summed E-state index contributed by atoms with van der Waals surface area (Å²) in [6.45, 7) is 4.02. The Labute approximate surface area is 102 Å². The molecular formula is C11H10BrClN2. The van der Waals surface area contributed by atoms with Gasteiger partial charge in [-0.1, -0.05) is 17.7 Å². The van der Waals surface area contributed by atoms with Gasteiger partial charge in [-0.15, -0.1) is 0 Å². The summed E-state index contributed by atoms with van der Waals surface area (Å²) in [5, 5.41) is 5.15. The molecule has 0 atom stereocenters. The fourth-order valence-corrected chi connectivity index (χ4v) is 2.11. The Morgan fingerprint density at radius 1 is 1.33 bits per heavy atom. The maximum Gasteiger partial charge on any atom is 0.113 e. The molecule has 4 heteroatoms. The van der Waals surface area contributed by atoms with Gasteiger partial charge in [-0.2, -0.15) is 5.10 Å². The van der Waals surface area contributed by atoms with Gasteiger partial charge in [-0.3, -0.25) is 0 Å². The molecule has 0 aliphatic carbocycles. The normalized spacial score (nSPS) is 10.7. The zero-order chi connectivity index (χ0) is 11.0. The van der Waals surface area contributed by atoms with Gasteiger partial charge in [0.2, 0.25) is 0 Å². The summed E-state index contributed by atoms with van der Waals surface area (Å²) in [5.74, 6) is 0. The van der Waals surface area contributed by atoms with E-state index in [1.165, 1.54) is 0 Å². The van der Waals surface area contributed by atoms with Crippen molar-refractivity contribution < 1.29 is 0 Å². The fraction of sp³-hybridized carbons (Fsp3) is 0.182. The van der Waals surface area contributed by atoms with E-state index in [2.05, 4.69) is 21.0 Å². The van der Waals surface area contributed by atoms with Crippen LogP contribution in [0.5, 0.6) is 0 Å². The number of aryl methyl sites for hydroxylation is 1. The van der Waals surface area contributed by atoms with Crippen molar-refractivity contribution in [2.45, 2.75) is 13.8 Å². The molecule has 0 amide bonds. The zero-order valence-electron chi connectivity index (χ0n) is 8.46. The highest BCUT2D eigenvalue weighted by atomic mass is 79.9. The standard InChI is InChI=1S/C11H10BrClN2/c1-7-8(2)14-15(11(7)12)10-5-3-4-9(13)6-10/h3-6H,1-2H3. The first-order chi connectivity index (χ1) is 7.09. The van der Waals surface area contributed by atoms with Crippen molar-refractivity contribution in [2.24, 2.45) is 0 Å². The highest BCUT2D eigenvalue weighted by molar-refractivity contribution is 9.10. The van der Waals surface area contributed by atoms with Gasteiger partial charge in [-0.05, 0) is 48.0 Å². The second-order valence-electron chi connectivity index (χ2n) is 3.39. The molecule has 1 aromatic heterocycles. The average molecular weight is 286 g/mol. The minimum absolute atomic E-state index is 0.713. The van der Waals surface area contributed by atoms with Crippen molar-refractivity contribution in [3.8, 4) is 5.69 Å². The van der Waals surface area contributed by atoms with Gasteiger partial charge in [0.25, 0.3) is 0 Å². The minimum atomic E-state index is 0.713. The van der Waals surface area contributed by atoms with Crippen LogP contribution < -0.4 is 0 Å². The van der Waals surface area contributed by atoms with Gasteiger partial charge in [-0.25, -0.2) is 4.68 Å². The van der Waals surface area contributed by atoms with Crippen LogP contribution in [0.2, 0.25) is 5.02 Å². The number of halogens is 2. The van der Waals surface area contributed by atoms with E-state index in [1.807, 2.05) is 42.8 Å². The lowest BCUT2D eigenvalue weighted by Crippen LogP contribution is -1.96. The van der Waals surface area contributed by atoms with Crippen molar-refractivity contribution in [3.63, 3.8) is 0 Å². The molecule has 78 valence electrons. The molecule has 2 rings (SSSR count). The van der Waals surface area contributed by atoms with E-state index < -0.39 is 0 Å². The topological polar surface area (TPSA) is 17.8 Å². The number of hydrogen-bond donors (Lipinski definition) is 0. The Bertz CT molecular complexity index is 505. The summed E-state index contributed by atoms with van der Waals surface area (Å²) >= 11 is 9.46. The molecule has 1 heterocycles. The lowest BCUT2D eigenvalue weighted by Gasteiger charge is -2.03. The molecule has 0 saturated carbocycles. The zero-order valence-corrected chi connectivity index (χ0v) is 10.8. The maximum absolute atomic E-state index is 5.94. The van der Waals surface area contributed by atoms with Crippen LogP contribution in [0.15, 0.2) is 28.9 Å². The van der Waals surface area contributed by atoms with Crippen LogP contribution in [0, 0.1) is 13.8 Å². The second kappa shape index (κ2) is 3.99. The molecule has 0 saturated heterocycles. The van der Waals surface area contributed by atoms with Gasteiger partial charge >= 0.3 is 0 Å². The monoisotopic (exact) mass is 284 g/mol. The Hall–Kier alpha value is -0.800. The van der Waals surface area contributed by atoms with Gasteiger partial charge in [0.1, 0.15) is 4.60 Å². The molecule has 0 fully saturated rings. The van der Waals surface area contributed by atoms with E-state index in [-0.39, 0.29) is 0 Å². The number of hydrogen-bond acceptors (Lipinski definition) is 1. The average Bonchev–Trinajstić information content (AvgIpc) is 2.46. The second-order valence-corrected chi connectivity index (χ2v) is 4.58. The van der Waals surface area contributed by atoms with Gasteiger partial charge < -0.3 is 0 Å². The molecule has 2 nitrogen and oxygen atoms in total. The van der Waals surface area contributed by atoms with E-state index in [0.717, 1.165) is 21.5 Å². The summed E-state index contributed by atoms with van der Waals surface area (Å²) in [6, 6.07) is 7.62. The SMILES string of the molecule is Cc1nn(-c2cccc(Cl)c2)c(Br)c1C. The third-order valence-electron chi connectivity index (χ3n) is 2.34. The van der Waals surface area contributed by atoms with Crippen LogP contribution in [0.25, 0.3) is 5.69 Å². The molecular weight excluding hydrogens is 275 g/mol. The molecule has 0 aliphatic rings. The lowest BCUT2D eigenvalue weighted by molar-refractivity contribution is 0.845. The Morgan fingerprint density at radius 3 is 2.60 bits per heavy atom. The molecule has 0 aliphatic heterocycles.